The lowest BCUT2D eigenvalue weighted by Gasteiger charge is -2.19. The molecule has 2 aromatic rings. The normalized spacial score (nSPS) is 22.8. The van der Waals surface area contributed by atoms with Gasteiger partial charge in [0.05, 0.1) is 23.3 Å². The van der Waals surface area contributed by atoms with E-state index in [1.54, 1.807) is 11.6 Å². The van der Waals surface area contributed by atoms with E-state index in [4.69, 9.17) is 5.10 Å². The number of likely N-dealkylation sites (tertiary alicyclic amines) is 1. The highest BCUT2D eigenvalue weighted by molar-refractivity contribution is 5.92. The van der Waals surface area contributed by atoms with Gasteiger partial charge >= 0.3 is 5.97 Å². The minimum Gasteiger partial charge on any atom is -0.481 e. The molecular formula is C22H28N4O3. The van der Waals surface area contributed by atoms with Gasteiger partial charge in [0.1, 0.15) is 5.82 Å². The molecule has 1 saturated heterocycles. The number of anilines is 1. The highest BCUT2D eigenvalue weighted by atomic mass is 16.4. The van der Waals surface area contributed by atoms with Crippen molar-refractivity contribution < 1.29 is 14.7 Å². The molecule has 7 nitrogen and oxygen atoms in total. The summed E-state index contributed by atoms with van der Waals surface area (Å²) in [6.45, 7) is 2.93. The maximum absolute atomic E-state index is 12.7. The first-order valence-electron chi connectivity index (χ1n) is 10.4. The van der Waals surface area contributed by atoms with Crippen molar-refractivity contribution >= 4 is 17.7 Å². The van der Waals surface area contributed by atoms with Crippen molar-refractivity contribution in [3.8, 4) is 5.69 Å². The molecule has 0 spiro atoms. The van der Waals surface area contributed by atoms with Crippen molar-refractivity contribution in [3.05, 3.63) is 42.1 Å². The summed E-state index contributed by atoms with van der Waals surface area (Å²) < 4.78 is 1.80. The van der Waals surface area contributed by atoms with Gasteiger partial charge in [0, 0.05) is 18.5 Å². The Balaban J connectivity index is 1.50. The first-order chi connectivity index (χ1) is 13.9. The predicted octanol–water partition coefficient (Wildman–Crippen LogP) is 3.27. The molecular weight excluding hydrogens is 368 g/mol. The number of rotatable bonds is 6. The van der Waals surface area contributed by atoms with Gasteiger partial charge in [-0.3, -0.25) is 14.5 Å². The number of aliphatic carboxylic acids is 1. The van der Waals surface area contributed by atoms with E-state index in [9.17, 15) is 14.7 Å². The number of hydrogen-bond donors (Lipinski definition) is 2. The van der Waals surface area contributed by atoms with Gasteiger partial charge in [0.15, 0.2) is 0 Å². The zero-order chi connectivity index (χ0) is 20.4. The molecule has 4 rings (SSSR count). The minimum atomic E-state index is -0.802. The Kier molecular flexibility index (Phi) is 5.41. The number of para-hydroxylation sites is 1. The monoisotopic (exact) mass is 396 g/mol. The maximum Gasteiger partial charge on any atom is 0.310 e. The molecule has 7 heteroatoms. The average molecular weight is 396 g/mol. The molecule has 1 saturated carbocycles. The lowest BCUT2D eigenvalue weighted by molar-refractivity contribution is -0.147. The molecule has 1 aromatic heterocycles. The minimum absolute atomic E-state index is 0.144. The van der Waals surface area contributed by atoms with Crippen molar-refractivity contribution in [3.63, 3.8) is 0 Å². The van der Waals surface area contributed by atoms with Gasteiger partial charge in [-0.25, -0.2) is 4.68 Å². The third-order valence-electron chi connectivity index (χ3n) is 6.21. The van der Waals surface area contributed by atoms with E-state index in [0.717, 1.165) is 24.2 Å². The van der Waals surface area contributed by atoms with Crippen LogP contribution in [-0.4, -0.2) is 51.3 Å². The Labute approximate surface area is 170 Å². The van der Waals surface area contributed by atoms with E-state index in [0.29, 0.717) is 31.2 Å². The second-order valence-corrected chi connectivity index (χ2v) is 8.56. The molecule has 29 heavy (non-hydrogen) atoms. The molecule has 2 fully saturated rings. The van der Waals surface area contributed by atoms with Crippen LogP contribution in [-0.2, 0) is 9.59 Å². The topological polar surface area (TPSA) is 87.5 Å². The number of carbonyl (C=O) groups is 2. The molecule has 2 N–H and O–H groups in total. The molecule has 1 atom stereocenters. The molecule has 1 aromatic carbocycles. The number of carboxylic acid groups (broad SMARTS) is 1. The number of nitrogens with zero attached hydrogens (tertiary/aromatic N) is 3. The Bertz CT molecular complexity index is 889. The molecule has 1 aliphatic heterocycles. The summed E-state index contributed by atoms with van der Waals surface area (Å²) in [5.41, 5.74) is 1.16. The van der Waals surface area contributed by atoms with E-state index in [2.05, 4.69) is 5.32 Å². The molecule has 2 aliphatic rings. The fraction of sp³-hybridized carbons (Fsp3) is 0.500. The van der Waals surface area contributed by atoms with Gasteiger partial charge < -0.3 is 10.4 Å². The highest BCUT2D eigenvalue weighted by Gasteiger charge is 2.40. The van der Waals surface area contributed by atoms with E-state index < -0.39 is 11.4 Å². The standard InChI is InChI=1S/C22H28N4O3/c1-22(21(28)29)11-12-25(15-22)14-20(27)23-19-13-18(16-7-5-6-8-16)24-26(19)17-9-3-2-4-10-17/h2-4,9-10,13,16H,5-8,11-12,14-15H2,1H3,(H,23,27)(H,28,29). The molecule has 2 heterocycles. The van der Waals surface area contributed by atoms with Crippen LogP contribution in [0.3, 0.4) is 0 Å². The van der Waals surface area contributed by atoms with E-state index in [-0.39, 0.29) is 12.5 Å². The zero-order valence-corrected chi connectivity index (χ0v) is 16.8. The third kappa shape index (κ3) is 4.19. The fourth-order valence-corrected chi connectivity index (χ4v) is 4.43. The summed E-state index contributed by atoms with van der Waals surface area (Å²) in [6, 6.07) is 11.8. The predicted molar refractivity (Wildman–Crippen MR) is 110 cm³/mol. The number of amides is 1. The number of carboxylic acids is 1. The third-order valence-corrected chi connectivity index (χ3v) is 6.21. The van der Waals surface area contributed by atoms with Crippen LogP contribution in [0.15, 0.2) is 36.4 Å². The van der Waals surface area contributed by atoms with E-state index >= 15 is 0 Å². The Hall–Kier alpha value is -2.67. The largest absolute Gasteiger partial charge is 0.481 e. The van der Waals surface area contributed by atoms with Crippen molar-refractivity contribution in [1.29, 1.82) is 0 Å². The smallest absolute Gasteiger partial charge is 0.310 e. The Morgan fingerprint density at radius 2 is 1.97 bits per heavy atom. The van der Waals surface area contributed by atoms with Crippen LogP contribution in [0.5, 0.6) is 0 Å². The number of benzene rings is 1. The summed E-state index contributed by atoms with van der Waals surface area (Å²) in [4.78, 5) is 26.1. The number of aromatic nitrogens is 2. The summed E-state index contributed by atoms with van der Waals surface area (Å²) in [6.07, 6.45) is 5.29. The van der Waals surface area contributed by atoms with Gasteiger partial charge in [-0.15, -0.1) is 0 Å². The van der Waals surface area contributed by atoms with Crippen LogP contribution >= 0.6 is 0 Å². The summed E-state index contributed by atoms with van der Waals surface area (Å²) in [7, 11) is 0. The van der Waals surface area contributed by atoms with Crippen molar-refractivity contribution in [2.24, 2.45) is 5.41 Å². The number of hydrogen-bond acceptors (Lipinski definition) is 4. The second-order valence-electron chi connectivity index (χ2n) is 8.56. The first kappa shape index (κ1) is 19.6. The SMILES string of the molecule is CC1(C(=O)O)CCN(CC(=O)Nc2cc(C3CCCC3)nn2-c2ccccc2)C1. The summed E-state index contributed by atoms with van der Waals surface area (Å²) in [5.74, 6) is 0.173. The van der Waals surface area contributed by atoms with Crippen LogP contribution in [0.25, 0.3) is 5.69 Å². The average Bonchev–Trinajstić information content (AvgIpc) is 3.43. The Morgan fingerprint density at radius 3 is 2.62 bits per heavy atom. The van der Waals surface area contributed by atoms with Gasteiger partial charge in [-0.2, -0.15) is 5.10 Å². The van der Waals surface area contributed by atoms with Crippen molar-refractivity contribution in [2.45, 2.75) is 44.9 Å². The highest BCUT2D eigenvalue weighted by Crippen LogP contribution is 2.35. The molecule has 1 amide bonds. The van der Waals surface area contributed by atoms with Gasteiger partial charge in [-0.1, -0.05) is 31.0 Å². The fourth-order valence-electron chi connectivity index (χ4n) is 4.43. The Morgan fingerprint density at radius 1 is 1.24 bits per heavy atom. The lowest BCUT2D eigenvalue weighted by atomic mass is 9.90. The molecule has 1 aliphatic carbocycles. The lowest BCUT2D eigenvalue weighted by Crippen LogP contribution is -2.36. The zero-order valence-electron chi connectivity index (χ0n) is 16.8. The van der Waals surface area contributed by atoms with Crippen LogP contribution in [0.4, 0.5) is 5.82 Å². The molecule has 154 valence electrons. The second kappa shape index (κ2) is 7.99. The molecule has 0 radical (unpaired) electrons. The van der Waals surface area contributed by atoms with E-state index in [1.165, 1.54) is 12.8 Å². The molecule has 1 unspecified atom stereocenters. The van der Waals surface area contributed by atoms with E-state index in [1.807, 2.05) is 41.3 Å². The van der Waals surface area contributed by atoms with Gasteiger partial charge in [-0.05, 0) is 44.9 Å². The maximum atomic E-state index is 12.7. The van der Waals surface area contributed by atoms with Crippen LogP contribution in [0.2, 0.25) is 0 Å². The van der Waals surface area contributed by atoms with Crippen LogP contribution in [0, 0.1) is 5.41 Å². The number of carbonyl (C=O) groups excluding carboxylic acids is 1. The molecule has 0 bridgehead atoms. The first-order valence-corrected chi connectivity index (χ1v) is 10.4. The quantitative estimate of drug-likeness (QED) is 0.783. The van der Waals surface area contributed by atoms with Crippen molar-refractivity contribution in [2.75, 3.05) is 25.0 Å². The van der Waals surface area contributed by atoms with Crippen molar-refractivity contribution in [1.82, 2.24) is 14.7 Å². The summed E-state index contributed by atoms with van der Waals surface area (Å²) >= 11 is 0. The van der Waals surface area contributed by atoms with Crippen LogP contribution < -0.4 is 5.32 Å². The number of nitrogens with one attached hydrogen (secondary N) is 1. The van der Waals surface area contributed by atoms with Gasteiger partial charge in [0.25, 0.3) is 0 Å². The summed E-state index contributed by atoms with van der Waals surface area (Å²) in [5, 5.41) is 17.2. The van der Waals surface area contributed by atoms with Gasteiger partial charge in [0.2, 0.25) is 5.91 Å². The van der Waals surface area contributed by atoms with Crippen LogP contribution in [0.1, 0.15) is 50.6 Å².